The second-order valence-corrected chi connectivity index (χ2v) is 6.61. The average molecular weight is 387 g/mol. The fourth-order valence-corrected chi connectivity index (χ4v) is 3.25. The summed E-state index contributed by atoms with van der Waals surface area (Å²) in [6.45, 7) is -0.476. The van der Waals surface area contributed by atoms with Crippen LogP contribution in [-0.4, -0.2) is 33.7 Å². The first kappa shape index (κ1) is 18.7. The highest BCUT2D eigenvalue weighted by Gasteiger charge is 2.35. The van der Waals surface area contributed by atoms with E-state index in [4.69, 9.17) is 9.84 Å². The maximum Gasteiger partial charge on any atom is 0.341 e. The quantitative estimate of drug-likeness (QED) is 0.764. The molecule has 0 unspecified atom stereocenters. The molecule has 0 spiro atoms. The molecule has 2 aromatic carbocycles. The predicted molar refractivity (Wildman–Crippen MR) is 97.5 cm³/mol. The Morgan fingerprint density at radius 3 is 2.56 bits per heavy atom. The number of carboxylic acids is 1. The third-order valence-corrected chi connectivity index (χ3v) is 4.59. The zero-order chi connectivity index (χ0) is 19.4. The molecule has 2 amide bonds. The van der Waals surface area contributed by atoms with Crippen LogP contribution in [-0.2, 0) is 16.1 Å². The van der Waals surface area contributed by atoms with E-state index in [1.54, 1.807) is 24.3 Å². The van der Waals surface area contributed by atoms with Crippen LogP contribution in [0.1, 0.15) is 11.1 Å². The lowest BCUT2D eigenvalue weighted by Crippen LogP contribution is -2.27. The number of hydrogen-bond donors (Lipinski definition) is 1. The van der Waals surface area contributed by atoms with Crippen molar-refractivity contribution in [3.63, 3.8) is 0 Å². The number of nitrogens with zero attached hydrogens (tertiary/aromatic N) is 1. The Labute approximate surface area is 158 Å². The van der Waals surface area contributed by atoms with E-state index in [0.29, 0.717) is 16.9 Å². The molecule has 1 aliphatic rings. The molecule has 0 radical (unpaired) electrons. The lowest BCUT2D eigenvalue weighted by Gasteiger charge is -2.12. The van der Waals surface area contributed by atoms with Gasteiger partial charge < -0.3 is 9.84 Å². The third kappa shape index (κ3) is 4.53. The van der Waals surface area contributed by atoms with Crippen molar-refractivity contribution in [2.75, 3.05) is 6.61 Å². The van der Waals surface area contributed by atoms with E-state index in [0.717, 1.165) is 16.7 Å². The number of para-hydroxylation sites is 1. The van der Waals surface area contributed by atoms with Crippen molar-refractivity contribution in [1.82, 2.24) is 4.90 Å². The van der Waals surface area contributed by atoms with Crippen molar-refractivity contribution in [3.8, 4) is 5.75 Å². The monoisotopic (exact) mass is 387 g/mol. The van der Waals surface area contributed by atoms with Crippen molar-refractivity contribution < 1.29 is 28.6 Å². The Bertz CT molecular complexity index is 926. The summed E-state index contributed by atoms with van der Waals surface area (Å²) >= 11 is 0.785. The van der Waals surface area contributed by atoms with Gasteiger partial charge in [0.25, 0.3) is 11.1 Å². The third-order valence-electron chi connectivity index (χ3n) is 3.68. The molecule has 1 N–H and O–H groups in total. The summed E-state index contributed by atoms with van der Waals surface area (Å²) in [7, 11) is 0. The molecular formula is C19H14FNO5S. The van der Waals surface area contributed by atoms with Crippen molar-refractivity contribution in [1.29, 1.82) is 0 Å². The smallest absolute Gasteiger partial charge is 0.341 e. The molecule has 0 aromatic heterocycles. The summed E-state index contributed by atoms with van der Waals surface area (Å²) < 4.78 is 18.2. The van der Waals surface area contributed by atoms with Gasteiger partial charge in [-0.2, -0.15) is 0 Å². The molecule has 3 rings (SSSR count). The first-order valence-electron chi connectivity index (χ1n) is 7.87. The highest BCUT2D eigenvalue weighted by Crippen LogP contribution is 2.34. The van der Waals surface area contributed by atoms with Gasteiger partial charge in [-0.15, -0.1) is 0 Å². The van der Waals surface area contributed by atoms with E-state index in [1.165, 1.54) is 30.3 Å². The largest absolute Gasteiger partial charge is 0.481 e. The first-order valence-corrected chi connectivity index (χ1v) is 8.69. The van der Waals surface area contributed by atoms with Gasteiger partial charge in [-0.25, -0.2) is 9.18 Å². The van der Waals surface area contributed by atoms with Crippen LogP contribution < -0.4 is 4.74 Å². The molecule has 0 atom stereocenters. The Hall–Kier alpha value is -3.13. The van der Waals surface area contributed by atoms with Gasteiger partial charge in [0.05, 0.1) is 11.4 Å². The van der Waals surface area contributed by atoms with Crippen molar-refractivity contribution in [2.24, 2.45) is 0 Å². The van der Waals surface area contributed by atoms with Crippen LogP contribution in [0.15, 0.2) is 53.4 Å². The molecule has 27 heavy (non-hydrogen) atoms. The normalized spacial score (nSPS) is 15.4. The Kier molecular flexibility index (Phi) is 5.56. The second-order valence-electron chi connectivity index (χ2n) is 5.61. The lowest BCUT2D eigenvalue weighted by molar-refractivity contribution is -0.139. The highest BCUT2D eigenvalue weighted by molar-refractivity contribution is 8.18. The van der Waals surface area contributed by atoms with Gasteiger partial charge in [0.2, 0.25) is 0 Å². The van der Waals surface area contributed by atoms with Crippen LogP contribution in [0.25, 0.3) is 6.08 Å². The van der Waals surface area contributed by atoms with Gasteiger partial charge in [-0.3, -0.25) is 14.5 Å². The zero-order valence-corrected chi connectivity index (χ0v) is 14.7. The van der Waals surface area contributed by atoms with E-state index in [-0.39, 0.29) is 11.4 Å². The van der Waals surface area contributed by atoms with Crippen molar-refractivity contribution in [2.45, 2.75) is 6.54 Å². The van der Waals surface area contributed by atoms with E-state index in [2.05, 4.69) is 0 Å². The molecule has 1 saturated heterocycles. The fraction of sp³-hybridized carbons (Fsp3) is 0.105. The molecule has 1 aliphatic heterocycles. The number of hydrogen-bond acceptors (Lipinski definition) is 5. The van der Waals surface area contributed by atoms with E-state index >= 15 is 0 Å². The van der Waals surface area contributed by atoms with E-state index in [9.17, 15) is 18.8 Å². The molecule has 1 heterocycles. The summed E-state index contributed by atoms with van der Waals surface area (Å²) in [5.41, 5.74) is 1.12. The molecular weight excluding hydrogens is 373 g/mol. The van der Waals surface area contributed by atoms with Crippen LogP contribution in [0.3, 0.4) is 0 Å². The number of rotatable bonds is 6. The Morgan fingerprint density at radius 2 is 1.85 bits per heavy atom. The number of imide groups is 1. The topological polar surface area (TPSA) is 83.9 Å². The van der Waals surface area contributed by atoms with E-state index < -0.39 is 29.5 Å². The van der Waals surface area contributed by atoms with E-state index in [1.807, 2.05) is 0 Å². The van der Waals surface area contributed by atoms with Gasteiger partial charge in [-0.1, -0.05) is 30.3 Å². The van der Waals surface area contributed by atoms with Gasteiger partial charge in [-0.05, 0) is 41.6 Å². The van der Waals surface area contributed by atoms with Gasteiger partial charge >= 0.3 is 5.97 Å². The summed E-state index contributed by atoms with van der Waals surface area (Å²) in [6.07, 6.45) is 1.49. The van der Waals surface area contributed by atoms with Gasteiger partial charge in [0, 0.05) is 5.56 Å². The number of ether oxygens (including phenoxy) is 1. The van der Waals surface area contributed by atoms with Gasteiger partial charge in [0.1, 0.15) is 11.6 Å². The average Bonchev–Trinajstić information content (AvgIpc) is 2.90. The minimum absolute atomic E-state index is 0.0411. The molecule has 2 aromatic rings. The Balaban J connectivity index is 1.80. The van der Waals surface area contributed by atoms with Crippen LogP contribution in [0.5, 0.6) is 5.75 Å². The Morgan fingerprint density at radius 1 is 1.15 bits per heavy atom. The fourth-order valence-electron chi connectivity index (χ4n) is 2.42. The lowest BCUT2D eigenvalue weighted by atomic mass is 10.1. The molecule has 1 fully saturated rings. The zero-order valence-electron chi connectivity index (χ0n) is 13.9. The highest BCUT2D eigenvalue weighted by atomic mass is 32.2. The second kappa shape index (κ2) is 8.05. The molecule has 6 nitrogen and oxygen atoms in total. The van der Waals surface area contributed by atoms with Crippen LogP contribution in [0.4, 0.5) is 9.18 Å². The number of carbonyl (C=O) groups is 3. The van der Waals surface area contributed by atoms with Crippen molar-refractivity contribution >= 4 is 35.0 Å². The number of aliphatic carboxylic acids is 1. The first-order chi connectivity index (χ1) is 12.9. The molecule has 138 valence electrons. The number of carboxylic acid groups (broad SMARTS) is 1. The number of amides is 2. The number of thioether (sulfide) groups is 1. The minimum Gasteiger partial charge on any atom is -0.481 e. The minimum atomic E-state index is -1.12. The summed E-state index contributed by atoms with van der Waals surface area (Å²) in [5, 5.41) is 8.31. The molecule has 0 bridgehead atoms. The summed E-state index contributed by atoms with van der Waals surface area (Å²) in [6, 6.07) is 12.2. The molecule has 0 aliphatic carbocycles. The maximum atomic E-state index is 13.0. The van der Waals surface area contributed by atoms with Crippen LogP contribution in [0, 0.1) is 5.82 Å². The predicted octanol–water partition coefficient (Wildman–Crippen LogP) is 3.53. The van der Waals surface area contributed by atoms with Crippen molar-refractivity contribution in [3.05, 3.63) is 70.4 Å². The SMILES string of the molecule is O=C(O)COc1ccccc1C=C1SC(=O)N(Cc2ccc(F)cc2)C1=O. The standard InChI is InChI=1S/C19H14FNO5S/c20-14-7-5-12(6-8-14)10-21-18(24)16(27-19(21)25)9-13-3-1-2-4-15(13)26-11-17(22)23/h1-9H,10-11H2,(H,22,23). The number of carbonyl (C=O) groups excluding carboxylic acids is 2. The molecule has 0 saturated carbocycles. The summed E-state index contributed by atoms with van der Waals surface area (Å²) in [4.78, 5) is 36.7. The van der Waals surface area contributed by atoms with Crippen LogP contribution >= 0.6 is 11.8 Å². The number of benzene rings is 2. The maximum absolute atomic E-state index is 13.0. The molecule has 8 heteroatoms. The van der Waals surface area contributed by atoms with Gasteiger partial charge in [0.15, 0.2) is 6.61 Å². The summed E-state index contributed by atoms with van der Waals surface area (Å²) in [5.74, 6) is -1.69. The number of halogens is 1. The van der Waals surface area contributed by atoms with Crippen LogP contribution in [0.2, 0.25) is 0 Å².